The lowest BCUT2D eigenvalue weighted by Crippen LogP contribution is -2.21. The van der Waals surface area contributed by atoms with Crippen molar-refractivity contribution in [2.24, 2.45) is 0 Å². The number of nitrogens with zero attached hydrogens (tertiary/aromatic N) is 2. The van der Waals surface area contributed by atoms with Gasteiger partial charge in [0.25, 0.3) is 0 Å². The Balaban J connectivity index is 0.000000360. The number of carboxylic acids is 1. The molecule has 0 spiro atoms. The van der Waals surface area contributed by atoms with Gasteiger partial charge in [-0.3, -0.25) is 4.68 Å². The molecule has 11 heteroatoms. The normalized spacial score (nSPS) is 13.3. The molecule has 170 valence electrons. The van der Waals surface area contributed by atoms with Crippen molar-refractivity contribution in [2.75, 3.05) is 0 Å². The SMILES string of the molecule is FC(F)(F)c1ccc(-c2nn(Cc3ccccc3)c3c2CNC3)cc1.O=C(O)C(F)(F)F. The second-order valence-electron chi connectivity index (χ2n) is 6.90. The summed E-state index contributed by atoms with van der Waals surface area (Å²) in [7, 11) is 0. The van der Waals surface area contributed by atoms with E-state index in [4.69, 9.17) is 9.90 Å². The molecule has 1 aromatic heterocycles. The number of carbonyl (C=O) groups is 1. The maximum Gasteiger partial charge on any atom is 0.490 e. The summed E-state index contributed by atoms with van der Waals surface area (Å²) in [6.07, 6.45) is -9.41. The van der Waals surface area contributed by atoms with E-state index >= 15 is 0 Å². The summed E-state index contributed by atoms with van der Waals surface area (Å²) in [5.41, 5.74) is 4.12. The van der Waals surface area contributed by atoms with Gasteiger partial charge in [0, 0.05) is 24.2 Å². The van der Waals surface area contributed by atoms with Crippen LogP contribution in [0.5, 0.6) is 0 Å². The van der Waals surface area contributed by atoms with Crippen LogP contribution in [0.1, 0.15) is 22.4 Å². The highest BCUT2D eigenvalue weighted by Crippen LogP contribution is 2.33. The molecule has 0 unspecified atom stereocenters. The van der Waals surface area contributed by atoms with Crippen LogP contribution in [-0.4, -0.2) is 27.0 Å². The molecule has 3 aromatic rings. The van der Waals surface area contributed by atoms with Gasteiger partial charge in [0.05, 0.1) is 23.5 Å². The van der Waals surface area contributed by atoms with Gasteiger partial charge < -0.3 is 10.4 Å². The van der Waals surface area contributed by atoms with Crippen molar-refractivity contribution < 1.29 is 36.2 Å². The Bertz CT molecular complexity index is 1070. The summed E-state index contributed by atoms with van der Waals surface area (Å²) in [6, 6.07) is 15.2. The Labute approximate surface area is 178 Å². The minimum absolute atomic E-state index is 0.644. The molecule has 2 aromatic carbocycles. The predicted octanol–water partition coefficient (Wildman–Crippen LogP) is 4.85. The van der Waals surface area contributed by atoms with Gasteiger partial charge in [-0.15, -0.1) is 0 Å². The molecule has 0 fully saturated rings. The Morgan fingerprint density at radius 1 is 0.969 bits per heavy atom. The van der Waals surface area contributed by atoms with Crippen LogP contribution >= 0.6 is 0 Å². The molecule has 2 heterocycles. The number of carboxylic acid groups (broad SMARTS) is 1. The third kappa shape index (κ3) is 5.47. The van der Waals surface area contributed by atoms with Crippen LogP contribution in [0.4, 0.5) is 26.3 Å². The lowest BCUT2D eigenvalue weighted by atomic mass is 10.1. The quantitative estimate of drug-likeness (QED) is 0.552. The van der Waals surface area contributed by atoms with Crippen molar-refractivity contribution in [3.05, 3.63) is 77.0 Å². The molecule has 4 rings (SSSR count). The van der Waals surface area contributed by atoms with Gasteiger partial charge in [0.1, 0.15) is 0 Å². The number of halogens is 6. The molecule has 0 radical (unpaired) electrons. The van der Waals surface area contributed by atoms with Gasteiger partial charge in [-0.25, -0.2) is 4.79 Å². The van der Waals surface area contributed by atoms with E-state index in [0.29, 0.717) is 18.7 Å². The smallest absolute Gasteiger partial charge is 0.475 e. The van der Waals surface area contributed by atoms with E-state index in [0.717, 1.165) is 41.2 Å². The van der Waals surface area contributed by atoms with E-state index in [2.05, 4.69) is 10.4 Å². The molecule has 0 amide bonds. The van der Waals surface area contributed by atoms with Crippen LogP contribution < -0.4 is 5.32 Å². The highest BCUT2D eigenvalue weighted by molar-refractivity contribution is 5.73. The zero-order valence-electron chi connectivity index (χ0n) is 16.3. The number of nitrogens with one attached hydrogen (secondary N) is 1. The summed E-state index contributed by atoms with van der Waals surface area (Å²) < 4.78 is 72.0. The van der Waals surface area contributed by atoms with Crippen LogP contribution in [0, 0.1) is 0 Å². The zero-order chi connectivity index (χ0) is 23.5. The first-order valence-corrected chi connectivity index (χ1v) is 9.27. The topological polar surface area (TPSA) is 67.2 Å². The molecular weight excluding hydrogens is 440 g/mol. The van der Waals surface area contributed by atoms with E-state index in [1.807, 2.05) is 35.0 Å². The second kappa shape index (κ2) is 9.03. The fourth-order valence-corrected chi connectivity index (χ4v) is 3.16. The number of hydrogen-bond acceptors (Lipinski definition) is 3. The Kier molecular flexibility index (Phi) is 6.58. The van der Waals surface area contributed by atoms with E-state index in [-0.39, 0.29) is 0 Å². The summed E-state index contributed by atoms with van der Waals surface area (Å²) in [5.74, 6) is -2.76. The fraction of sp³-hybridized carbons (Fsp3) is 0.238. The molecule has 0 bridgehead atoms. The van der Waals surface area contributed by atoms with Crippen molar-refractivity contribution in [1.82, 2.24) is 15.1 Å². The zero-order valence-corrected chi connectivity index (χ0v) is 16.3. The summed E-state index contributed by atoms with van der Waals surface area (Å²) in [6.45, 7) is 2.04. The van der Waals surface area contributed by atoms with Crippen molar-refractivity contribution in [3.63, 3.8) is 0 Å². The first-order valence-electron chi connectivity index (χ1n) is 9.27. The molecule has 5 nitrogen and oxygen atoms in total. The maximum atomic E-state index is 12.8. The van der Waals surface area contributed by atoms with E-state index < -0.39 is 23.9 Å². The highest BCUT2D eigenvalue weighted by atomic mass is 19.4. The molecule has 1 aliphatic rings. The van der Waals surface area contributed by atoms with Crippen molar-refractivity contribution in [2.45, 2.75) is 32.0 Å². The molecule has 1 aliphatic heterocycles. The van der Waals surface area contributed by atoms with Crippen LogP contribution in [0.15, 0.2) is 54.6 Å². The highest BCUT2D eigenvalue weighted by Gasteiger charge is 2.38. The predicted molar refractivity (Wildman–Crippen MR) is 102 cm³/mol. The van der Waals surface area contributed by atoms with Crippen molar-refractivity contribution in [3.8, 4) is 11.3 Å². The molecule has 0 aliphatic carbocycles. The maximum absolute atomic E-state index is 12.8. The van der Waals surface area contributed by atoms with Gasteiger partial charge in [0.2, 0.25) is 0 Å². The summed E-state index contributed by atoms with van der Waals surface area (Å²) in [5, 5.41) is 15.1. The largest absolute Gasteiger partial charge is 0.490 e. The van der Waals surface area contributed by atoms with Crippen LogP contribution in [0.25, 0.3) is 11.3 Å². The van der Waals surface area contributed by atoms with Gasteiger partial charge in [0.15, 0.2) is 0 Å². The summed E-state index contributed by atoms with van der Waals surface area (Å²) in [4.78, 5) is 8.90. The first-order chi connectivity index (χ1) is 15.0. The average molecular weight is 457 g/mol. The number of aliphatic carboxylic acids is 1. The third-order valence-electron chi connectivity index (χ3n) is 4.66. The number of benzene rings is 2. The minimum Gasteiger partial charge on any atom is -0.475 e. The number of fused-ring (bicyclic) bond motifs is 1. The van der Waals surface area contributed by atoms with Gasteiger partial charge in [-0.1, -0.05) is 42.5 Å². The number of rotatable bonds is 3. The van der Waals surface area contributed by atoms with E-state index in [9.17, 15) is 26.3 Å². The average Bonchev–Trinajstić information content (AvgIpc) is 3.32. The van der Waals surface area contributed by atoms with Crippen LogP contribution in [0.3, 0.4) is 0 Å². The van der Waals surface area contributed by atoms with E-state index in [1.54, 1.807) is 0 Å². The Morgan fingerprint density at radius 2 is 1.56 bits per heavy atom. The number of hydrogen-bond donors (Lipinski definition) is 2. The van der Waals surface area contributed by atoms with Gasteiger partial charge in [-0.2, -0.15) is 31.4 Å². The Morgan fingerprint density at radius 3 is 2.09 bits per heavy atom. The van der Waals surface area contributed by atoms with Crippen LogP contribution in [0.2, 0.25) is 0 Å². The molecule has 32 heavy (non-hydrogen) atoms. The molecule has 0 saturated carbocycles. The monoisotopic (exact) mass is 457 g/mol. The lowest BCUT2D eigenvalue weighted by Gasteiger charge is -2.07. The number of alkyl halides is 6. The molecule has 2 N–H and O–H groups in total. The lowest BCUT2D eigenvalue weighted by molar-refractivity contribution is -0.192. The molecular formula is C21H17F6N3O2. The second-order valence-corrected chi connectivity index (χ2v) is 6.90. The van der Waals surface area contributed by atoms with Crippen molar-refractivity contribution in [1.29, 1.82) is 0 Å². The fourth-order valence-electron chi connectivity index (χ4n) is 3.16. The number of aromatic nitrogens is 2. The molecule has 0 saturated heterocycles. The van der Waals surface area contributed by atoms with Crippen molar-refractivity contribution >= 4 is 5.97 Å². The van der Waals surface area contributed by atoms with Gasteiger partial charge in [-0.05, 0) is 17.7 Å². The third-order valence-corrected chi connectivity index (χ3v) is 4.66. The standard InChI is InChI=1S/C19H16F3N3.C2HF3O2/c20-19(21,22)15-8-6-14(7-9-15)18-16-10-23-11-17(16)25(24-18)12-13-4-2-1-3-5-13;3-2(4,5)1(6)7/h1-9,23H,10-12H2;(H,6,7). The van der Waals surface area contributed by atoms with Crippen LogP contribution in [-0.2, 0) is 30.6 Å². The first kappa shape index (κ1) is 23.3. The van der Waals surface area contributed by atoms with Gasteiger partial charge >= 0.3 is 18.3 Å². The minimum atomic E-state index is -5.08. The van der Waals surface area contributed by atoms with E-state index in [1.165, 1.54) is 12.1 Å². The molecule has 0 atom stereocenters. The summed E-state index contributed by atoms with van der Waals surface area (Å²) >= 11 is 0. The Hall–Kier alpha value is -3.34.